The number of rotatable bonds is 11. The van der Waals surface area contributed by atoms with Crippen LogP contribution in [0.4, 0.5) is 9.59 Å². The van der Waals surface area contributed by atoms with Gasteiger partial charge in [0, 0.05) is 47.7 Å². The number of aromatic amines is 2. The van der Waals surface area contributed by atoms with E-state index in [0.717, 1.165) is 82.1 Å². The topological polar surface area (TPSA) is 175 Å². The number of ether oxygens (including phenoxy) is 2. The number of methoxy groups -OCH3 is 2. The normalized spacial score (nSPS) is 17.0. The van der Waals surface area contributed by atoms with Gasteiger partial charge in [0.1, 0.15) is 23.7 Å². The van der Waals surface area contributed by atoms with Gasteiger partial charge in [0.25, 0.3) is 0 Å². The fourth-order valence-electron chi connectivity index (χ4n) is 8.14. The maximum absolute atomic E-state index is 13.5. The number of hydrogen-bond acceptors (Lipinski definition) is 8. The van der Waals surface area contributed by atoms with Crippen molar-refractivity contribution in [1.29, 1.82) is 0 Å². The molecule has 0 radical (unpaired) electrons. The van der Waals surface area contributed by atoms with Crippen molar-refractivity contribution in [3.8, 4) is 45.5 Å². The lowest BCUT2D eigenvalue weighted by Crippen LogP contribution is -2.51. The van der Waals surface area contributed by atoms with Crippen LogP contribution in [-0.4, -0.2) is 93.1 Å². The van der Waals surface area contributed by atoms with Crippen LogP contribution < -0.4 is 10.6 Å². The summed E-state index contributed by atoms with van der Waals surface area (Å²) in [6.45, 7) is 8.79. The first kappa shape index (κ1) is 43.2. The van der Waals surface area contributed by atoms with Gasteiger partial charge in [-0.3, -0.25) is 9.59 Å². The number of H-pyrrole nitrogens is 2. The minimum Gasteiger partial charge on any atom is -0.453 e. The number of likely N-dealkylation sites (tertiary alicyclic amines) is 2. The summed E-state index contributed by atoms with van der Waals surface area (Å²) in [6.07, 6.45) is 5.75. The molecule has 2 aliphatic rings. The quantitative estimate of drug-likeness (QED) is 0.0983. The smallest absolute Gasteiger partial charge is 0.407 e. The lowest BCUT2D eigenvalue weighted by atomic mass is 10.0. The van der Waals surface area contributed by atoms with Crippen LogP contribution in [0.3, 0.4) is 0 Å². The van der Waals surface area contributed by atoms with Crippen molar-refractivity contribution >= 4 is 24.0 Å². The molecule has 4 N–H and O–H groups in total. The van der Waals surface area contributed by atoms with Crippen molar-refractivity contribution in [3.63, 3.8) is 0 Å². The Kier molecular flexibility index (Phi) is 13.4. The fraction of sp³-hybridized carbons (Fsp3) is 0.375. The average molecular weight is 839 g/mol. The first-order valence-electron chi connectivity index (χ1n) is 21.2. The van der Waals surface area contributed by atoms with Crippen molar-refractivity contribution in [2.45, 2.75) is 77.5 Å². The zero-order valence-electron chi connectivity index (χ0n) is 36.0. The highest BCUT2D eigenvalue weighted by Crippen LogP contribution is 2.35. The zero-order chi connectivity index (χ0) is 43.9. The number of carbonyl (C=O) groups excluding carboxylic acids is 4. The highest BCUT2D eigenvalue weighted by Gasteiger charge is 2.39. The van der Waals surface area contributed by atoms with E-state index in [4.69, 9.17) is 19.4 Å². The van der Waals surface area contributed by atoms with Crippen LogP contribution >= 0.6 is 0 Å². The predicted octanol–water partition coefficient (Wildman–Crippen LogP) is 7.62. The number of benzene rings is 3. The Bertz CT molecular complexity index is 2430. The number of aromatic nitrogens is 4. The molecule has 2 saturated heterocycles. The number of alkyl carbamates (subject to hydrolysis) is 2. The lowest BCUT2D eigenvalue weighted by Gasteiger charge is -2.29. The van der Waals surface area contributed by atoms with Gasteiger partial charge in [-0.25, -0.2) is 19.6 Å². The summed E-state index contributed by atoms with van der Waals surface area (Å²) in [7, 11) is 2.58. The standard InChI is InChI=1S/C48H54N8O6/c1-29(2)41(53-47(59)61-5)45(57)55-25-7-9-39(55)43-49-27-37(51-43)35-19-15-32(16-20-35)12-11-31-13-17-33(18-14-31)34-21-23-36(24-22-34)38-28-50-44(52-38)40-10-8-26-56(40)46(58)42(30(3)4)54-48(60)62-6/h13-24,27-30,39-42H,7-10,25-26H2,1-6H3,(H,49,51)(H,50,52)(H,53,59)(H,54,60)/t39-,40-,41-,42-/m0/s1. The Morgan fingerprint density at radius 3 is 1.32 bits per heavy atom. The molecule has 7 rings (SSSR count). The molecule has 0 aliphatic carbocycles. The van der Waals surface area contributed by atoms with Crippen LogP contribution in [0.25, 0.3) is 33.6 Å². The Morgan fingerprint density at radius 1 is 0.597 bits per heavy atom. The summed E-state index contributed by atoms with van der Waals surface area (Å²) in [5.74, 6) is 7.50. The molecular weight excluding hydrogens is 785 g/mol. The van der Waals surface area contributed by atoms with E-state index in [-0.39, 0.29) is 35.7 Å². The van der Waals surface area contributed by atoms with Gasteiger partial charge in [0.05, 0.1) is 37.7 Å². The second-order valence-corrected chi connectivity index (χ2v) is 16.4. The number of nitrogens with zero attached hydrogens (tertiary/aromatic N) is 4. The molecule has 3 aromatic carbocycles. The molecule has 4 heterocycles. The molecule has 4 amide bonds. The second-order valence-electron chi connectivity index (χ2n) is 16.4. The summed E-state index contributed by atoms with van der Waals surface area (Å²) < 4.78 is 9.51. The molecular formula is C48H54N8O6. The molecule has 4 atom stereocenters. The first-order valence-corrected chi connectivity index (χ1v) is 21.2. The molecule has 2 aliphatic heterocycles. The van der Waals surface area contributed by atoms with Crippen LogP contribution in [0.5, 0.6) is 0 Å². The van der Waals surface area contributed by atoms with Gasteiger partial charge >= 0.3 is 12.2 Å². The van der Waals surface area contributed by atoms with E-state index in [9.17, 15) is 19.2 Å². The Labute approximate surface area is 362 Å². The summed E-state index contributed by atoms with van der Waals surface area (Å²) in [5, 5.41) is 5.39. The largest absolute Gasteiger partial charge is 0.453 e. The zero-order valence-corrected chi connectivity index (χ0v) is 36.0. The maximum atomic E-state index is 13.5. The van der Waals surface area contributed by atoms with Gasteiger partial charge in [-0.05, 0) is 72.9 Å². The van der Waals surface area contributed by atoms with Crippen LogP contribution in [-0.2, 0) is 19.1 Å². The van der Waals surface area contributed by atoms with Gasteiger partial charge in [-0.15, -0.1) is 0 Å². The van der Waals surface area contributed by atoms with Crippen molar-refractivity contribution in [2.75, 3.05) is 27.3 Å². The first-order chi connectivity index (χ1) is 29.9. The van der Waals surface area contributed by atoms with Crippen LogP contribution in [0.15, 0.2) is 85.2 Å². The van der Waals surface area contributed by atoms with Gasteiger partial charge in [0.2, 0.25) is 11.8 Å². The third-order valence-corrected chi connectivity index (χ3v) is 11.6. The summed E-state index contributed by atoms with van der Waals surface area (Å²) in [4.78, 5) is 70.9. The summed E-state index contributed by atoms with van der Waals surface area (Å²) in [5.41, 5.74) is 7.36. The van der Waals surface area contributed by atoms with E-state index < -0.39 is 24.3 Å². The van der Waals surface area contributed by atoms with E-state index in [1.807, 2.05) is 93.5 Å². The molecule has 322 valence electrons. The number of amides is 4. The van der Waals surface area contributed by atoms with Crippen molar-refractivity contribution in [2.24, 2.45) is 11.8 Å². The summed E-state index contributed by atoms with van der Waals surface area (Å²) in [6, 6.07) is 22.5. The Hall–Kier alpha value is -6.88. The van der Waals surface area contributed by atoms with Crippen molar-refractivity contribution < 1.29 is 28.7 Å². The Morgan fingerprint density at radius 2 is 0.952 bits per heavy atom. The van der Waals surface area contributed by atoms with E-state index in [2.05, 4.69) is 56.7 Å². The Balaban J connectivity index is 0.954. The van der Waals surface area contributed by atoms with E-state index in [1.165, 1.54) is 14.2 Å². The molecule has 14 nitrogen and oxygen atoms in total. The SMILES string of the molecule is COC(=O)N[C@H](C(=O)N1CCC[C@H]1c1nc(-c2ccc(C#Cc3ccc(-c4ccc(-c5c[nH]c([C@@H]6CCCN6C(=O)[C@@H](NC(=O)OC)C(C)C)n5)cc4)cc3)cc2)c[nH]1)C(C)C. The molecule has 0 bridgehead atoms. The third-order valence-electron chi connectivity index (χ3n) is 11.6. The fourth-order valence-corrected chi connectivity index (χ4v) is 8.14. The molecule has 5 aromatic rings. The van der Waals surface area contributed by atoms with Crippen LogP contribution in [0.1, 0.15) is 88.2 Å². The van der Waals surface area contributed by atoms with Gasteiger partial charge in [-0.2, -0.15) is 0 Å². The summed E-state index contributed by atoms with van der Waals surface area (Å²) >= 11 is 0. The van der Waals surface area contributed by atoms with E-state index >= 15 is 0 Å². The minimum atomic E-state index is -0.688. The maximum Gasteiger partial charge on any atom is 0.407 e. The minimum absolute atomic E-state index is 0.103. The van der Waals surface area contributed by atoms with Crippen molar-refractivity contribution in [3.05, 3.63) is 108 Å². The highest BCUT2D eigenvalue weighted by atomic mass is 16.5. The number of nitrogens with one attached hydrogen (secondary N) is 4. The predicted molar refractivity (Wildman–Crippen MR) is 235 cm³/mol. The molecule has 2 aromatic heterocycles. The molecule has 0 saturated carbocycles. The van der Waals surface area contributed by atoms with Gasteiger partial charge in [0.15, 0.2) is 0 Å². The number of imidazole rings is 2. The van der Waals surface area contributed by atoms with Crippen LogP contribution in [0.2, 0.25) is 0 Å². The molecule has 2 fully saturated rings. The number of carbonyl (C=O) groups is 4. The van der Waals surface area contributed by atoms with Gasteiger partial charge < -0.3 is 39.9 Å². The average Bonchev–Trinajstić information content (AvgIpc) is 4.14. The van der Waals surface area contributed by atoms with Crippen LogP contribution in [0, 0.1) is 23.7 Å². The monoisotopic (exact) mass is 838 g/mol. The molecule has 0 spiro atoms. The van der Waals surface area contributed by atoms with E-state index in [0.29, 0.717) is 13.1 Å². The molecule has 14 heteroatoms. The second kappa shape index (κ2) is 19.2. The molecule has 0 unspecified atom stereocenters. The number of hydrogen-bond donors (Lipinski definition) is 4. The van der Waals surface area contributed by atoms with Gasteiger partial charge in [-0.1, -0.05) is 88.1 Å². The highest BCUT2D eigenvalue weighted by molar-refractivity contribution is 5.87. The van der Waals surface area contributed by atoms with Crippen molar-refractivity contribution in [1.82, 2.24) is 40.4 Å². The van der Waals surface area contributed by atoms with E-state index in [1.54, 1.807) is 4.90 Å². The third kappa shape index (κ3) is 9.68. The lowest BCUT2D eigenvalue weighted by molar-refractivity contribution is -0.136. The molecule has 62 heavy (non-hydrogen) atoms.